The Bertz CT molecular complexity index is 277. The normalized spacial score (nSPS) is 15.0. The summed E-state index contributed by atoms with van der Waals surface area (Å²) in [5.74, 6) is -0.600. The molecule has 13 heavy (non-hydrogen) atoms. The summed E-state index contributed by atoms with van der Waals surface area (Å²) in [7, 11) is 0. The van der Waals surface area contributed by atoms with Gasteiger partial charge in [0.15, 0.2) is 5.60 Å². The van der Waals surface area contributed by atoms with Crippen molar-refractivity contribution in [1.29, 1.82) is 0 Å². The highest BCUT2D eigenvalue weighted by atomic mass is 32.1. The number of hydrogen-bond donors (Lipinski definition) is 1. The second-order valence-electron chi connectivity index (χ2n) is 2.77. The Hall–Kier alpha value is -0.870. The van der Waals surface area contributed by atoms with Crippen molar-refractivity contribution in [3.05, 3.63) is 22.4 Å². The Morgan fingerprint density at radius 2 is 2.46 bits per heavy atom. The lowest BCUT2D eigenvalue weighted by atomic mass is 10.1. The molecular formula is C9H12O3S. The van der Waals surface area contributed by atoms with Crippen LogP contribution in [0.1, 0.15) is 18.7 Å². The van der Waals surface area contributed by atoms with Crippen LogP contribution >= 0.6 is 11.3 Å². The smallest absolute Gasteiger partial charge is 0.343 e. The Balaban J connectivity index is 2.82. The molecule has 0 aliphatic heterocycles. The number of hydrogen-bond acceptors (Lipinski definition) is 4. The van der Waals surface area contributed by atoms with Gasteiger partial charge in [0, 0.05) is 4.88 Å². The number of thiophene rings is 1. The molecule has 1 aromatic heterocycles. The standard InChI is InChI=1S/C9H12O3S/c1-3-12-8(10)9(2,11)7-5-4-6-13-7/h4-6,11H,3H2,1-2H3/t9-/m1/s1. The molecule has 0 aliphatic carbocycles. The minimum absolute atomic E-state index is 0.278. The Kier molecular flexibility index (Phi) is 3.06. The Labute approximate surface area is 81.0 Å². The summed E-state index contributed by atoms with van der Waals surface area (Å²) < 4.78 is 4.75. The van der Waals surface area contributed by atoms with Gasteiger partial charge in [0.2, 0.25) is 0 Å². The van der Waals surface area contributed by atoms with Crippen molar-refractivity contribution >= 4 is 17.3 Å². The number of ether oxygens (including phenoxy) is 1. The van der Waals surface area contributed by atoms with Crippen LogP contribution in [-0.2, 0) is 15.1 Å². The van der Waals surface area contributed by atoms with Crippen molar-refractivity contribution in [2.24, 2.45) is 0 Å². The first-order valence-electron chi connectivity index (χ1n) is 4.02. The topological polar surface area (TPSA) is 46.5 Å². The van der Waals surface area contributed by atoms with E-state index in [1.165, 1.54) is 18.3 Å². The fourth-order valence-electron chi connectivity index (χ4n) is 0.928. The van der Waals surface area contributed by atoms with Crippen molar-refractivity contribution in [1.82, 2.24) is 0 Å². The van der Waals surface area contributed by atoms with Crippen LogP contribution in [0, 0.1) is 0 Å². The van der Waals surface area contributed by atoms with E-state index in [9.17, 15) is 9.90 Å². The lowest BCUT2D eigenvalue weighted by molar-refractivity contribution is -0.163. The molecule has 0 fully saturated rings. The van der Waals surface area contributed by atoms with Gasteiger partial charge in [-0.15, -0.1) is 11.3 Å². The number of rotatable bonds is 3. The first-order chi connectivity index (χ1) is 6.09. The average molecular weight is 200 g/mol. The molecule has 4 heteroatoms. The number of esters is 1. The Morgan fingerprint density at radius 3 is 2.92 bits per heavy atom. The third kappa shape index (κ3) is 2.08. The predicted octanol–water partition coefficient (Wildman–Crippen LogP) is 1.52. The average Bonchev–Trinajstić information content (AvgIpc) is 2.56. The van der Waals surface area contributed by atoms with Crippen molar-refractivity contribution in [3.8, 4) is 0 Å². The van der Waals surface area contributed by atoms with Crippen molar-refractivity contribution in [2.75, 3.05) is 6.61 Å². The largest absolute Gasteiger partial charge is 0.464 e. The van der Waals surface area contributed by atoms with E-state index in [-0.39, 0.29) is 6.61 Å². The monoisotopic (exact) mass is 200 g/mol. The summed E-state index contributed by atoms with van der Waals surface area (Å²) >= 11 is 1.33. The quantitative estimate of drug-likeness (QED) is 0.752. The van der Waals surface area contributed by atoms with Crippen LogP contribution in [0.3, 0.4) is 0 Å². The zero-order valence-electron chi connectivity index (χ0n) is 7.61. The fraction of sp³-hybridized carbons (Fsp3) is 0.444. The van der Waals surface area contributed by atoms with Crippen LogP contribution in [-0.4, -0.2) is 17.7 Å². The third-order valence-corrected chi connectivity index (χ3v) is 2.75. The molecule has 0 saturated carbocycles. The highest BCUT2D eigenvalue weighted by Crippen LogP contribution is 2.26. The molecule has 0 aliphatic rings. The number of carbonyl (C=O) groups is 1. The molecule has 0 aromatic carbocycles. The predicted molar refractivity (Wildman–Crippen MR) is 50.5 cm³/mol. The van der Waals surface area contributed by atoms with E-state index in [1.807, 2.05) is 5.38 Å². The van der Waals surface area contributed by atoms with E-state index < -0.39 is 11.6 Å². The minimum atomic E-state index is -1.51. The van der Waals surface area contributed by atoms with Crippen LogP contribution in [0.15, 0.2) is 17.5 Å². The molecule has 1 heterocycles. The molecule has 1 atom stereocenters. The van der Waals surface area contributed by atoms with Gasteiger partial charge >= 0.3 is 5.97 Å². The molecule has 3 nitrogen and oxygen atoms in total. The first-order valence-corrected chi connectivity index (χ1v) is 4.90. The Morgan fingerprint density at radius 1 is 1.77 bits per heavy atom. The summed E-state index contributed by atoms with van der Waals surface area (Å²) in [5, 5.41) is 11.6. The van der Waals surface area contributed by atoms with Gasteiger partial charge in [0.05, 0.1) is 6.61 Å². The molecule has 1 aromatic rings. The van der Waals surface area contributed by atoms with Gasteiger partial charge in [-0.1, -0.05) is 6.07 Å². The van der Waals surface area contributed by atoms with Crippen molar-refractivity contribution in [2.45, 2.75) is 19.4 Å². The third-order valence-electron chi connectivity index (χ3n) is 1.67. The zero-order chi connectivity index (χ0) is 9.90. The number of carbonyl (C=O) groups excluding carboxylic acids is 1. The molecule has 1 N–H and O–H groups in total. The highest BCUT2D eigenvalue weighted by molar-refractivity contribution is 7.10. The number of aliphatic hydroxyl groups is 1. The van der Waals surface area contributed by atoms with E-state index in [4.69, 9.17) is 4.74 Å². The van der Waals surface area contributed by atoms with Gasteiger partial charge < -0.3 is 9.84 Å². The molecule has 0 radical (unpaired) electrons. The van der Waals surface area contributed by atoms with Gasteiger partial charge in [0.25, 0.3) is 0 Å². The first kappa shape index (κ1) is 10.2. The second kappa shape index (κ2) is 3.89. The van der Waals surface area contributed by atoms with Gasteiger partial charge in [-0.25, -0.2) is 4.79 Å². The van der Waals surface area contributed by atoms with Crippen molar-refractivity contribution < 1.29 is 14.6 Å². The maximum Gasteiger partial charge on any atom is 0.343 e. The van der Waals surface area contributed by atoms with Crippen LogP contribution in [0.2, 0.25) is 0 Å². The van der Waals surface area contributed by atoms with Crippen molar-refractivity contribution in [3.63, 3.8) is 0 Å². The molecular weight excluding hydrogens is 188 g/mol. The van der Waals surface area contributed by atoms with E-state index >= 15 is 0 Å². The van der Waals surface area contributed by atoms with Gasteiger partial charge in [0.1, 0.15) is 0 Å². The maximum atomic E-state index is 11.3. The summed E-state index contributed by atoms with van der Waals surface area (Å²) in [6, 6.07) is 3.50. The zero-order valence-corrected chi connectivity index (χ0v) is 8.43. The second-order valence-corrected chi connectivity index (χ2v) is 3.72. The van der Waals surface area contributed by atoms with Crippen LogP contribution < -0.4 is 0 Å². The summed E-state index contributed by atoms with van der Waals surface area (Å²) in [6.07, 6.45) is 0. The lowest BCUT2D eigenvalue weighted by Gasteiger charge is -2.18. The molecule has 72 valence electrons. The van der Waals surface area contributed by atoms with Gasteiger partial charge in [-0.3, -0.25) is 0 Å². The van der Waals surface area contributed by atoms with Crippen LogP contribution in [0.5, 0.6) is 0 Å². The molecule has 0 amide bonds. The summed E-state index contributed by atoms with van der Waals surface area (Å²) in [4.78, 5) is 11.9. The van der Waals surface area contributed by atoms with E-state index in [0.717, 1.165) is 0 Å². The molecule has 0 bridgehead atoms. The minimum Gasteiger partial charge on any atom is -0.464 e. The molecule has 1 rings (SSSR count). The van der Waals surface area contributed by atoms with E-state index in [0.29, 0.717) is 4.88 Å². The molecule has 0 saturated heterocycles. The van der Waals surface area contributed by atoms with Gasteiger partial charge in [-0.05, 0) is 25.3 Å². The summed E-state index contributed by atoms with van der Waals surface area (Å²) in [5.41, 5.74) is -1.51. The fourth-order valence-corrected chi connectivity index (χ4v) is 1.70. The van der Waals surface area contributed by atoms with Crippen LogP contribution in [0.4, 0.5) is 0 Å². The van der Waals surface area contributed by atoms with Crippen LogP contribution in [0.25, 0.3) is 0 Å². The van der Waals surface area contributed by atoms with Gasteiger partial charge in [-0.2, -0.15) is 0 Å². The molecule has 0 unspecified atom stereocenters. The lowest BCUT2D eigenvalue weighted by Crippen LogP contribution is -2.33. The van der Waals surface area contributed by atoms with E-state index in [1.54, 1.807) is 19.1 Å². The SMILES string of the molecule is CCOC(=O)[C@](C)(O)c1cccs1. The van der Waals surface area contributed by atoms with E-state index in [2.05, 4.69) is 0 Å². The molecule has 0 spiro atoms. The highest BCUT2D eigenvalue weighted by Gasteiger charge is 2.34. The maximum absolute atomic E-state index is 11.3. The summed E-state index contributed by atoms with van der Waals surface area (Å²) in [6.45, 7) is 3.43.